The van der Waals surface area contributed by atoms with Gasteiger partial charge in [0.1, 0.15) is 18.2 Å². The molecule has 1 saturated heterocycles. The average Bonchev–Trinajstić information content (AvgIpc) is 2.78. The number of guanidine groups is 1. The Labute approximate surface area is 171 Å². The van der Waals surface area contributed by atoms with Gasteiger partial charge in [0.25, 0.3) is 0 Å². The van der Waals surface area contributed by atoms with Crippen LogP contribution >= 0.6 is 0 Å². The highest BCUT2D eigenvalue weighted by Crippen LogP contribution is 2.21. The summed E-state index contributed by atoms with van der Waals surface area (Å²) in [7, 11) is 1.75. The van der Waals surface area contributed by atoms with Gasteiger partial charge in [0, 0.05) is 26.7 Å². The lowest BCUT2D eigenvalue weighted by atomic mass is 10.0. The molecule has 0 aromatic heterocycles. The van der Waals surface area contributed by atoms with Crippen LogP contribution in [0.2, 0.25) is 0 Å². The number of rotatable bonds is 8. The van der Waals surface area contributed by atoms with Gasteiger partial charge in [-0.05, 0) is 29.8 Å². The maximum absolute atomic E-state index is 13.4. The zero-order valence-corrected chi connectivity index (χ0v) is 16.8. The summed E-state index contributed by atoms with van der Waals surface area (Å²) in [5.41, 5.74) is 1.07. The first-order valence-corrected chi connectivity index (χ1v) is 9.96. The first kappa shape index (κ1) is 21.1. The number of hydrogen-bond donors (Lipinski definition) is 2. The van der Waals surface area contributed by atoms with Gasteiger partial charge >= 0.3 is 0 Å². The van der Waals surface area contributed by atoms with E-state index in [-0.39, 0.29) is 11.9 Å². The number of aliphatic imine (C=N–C) groups is 1. The molecule has 0 radical (unpaired) electrons. The molecular formula is C22H29FN4O2. The smallest absolute Gasteiger partial charge is 0.191 e. The second kappa shape index (κ2) is 11.4. The van der Waals surface area contributed by atoms with Crippen molar-refractivity contribution in [3.8, 4) is 5.75 Å². The number of ether oxygens (including phenoxy) is 2. The molecule has 1 unspecified atom stereocenters. The Morgan fingerprint density at radius 3 is 2.52 bits per heavy atom. The quantitative estimate of drug-likeness (QED) is 0.405. The highest BCUT2D eigenvalue weighted by Gasteiger charge is 2.23. The zero-order chi connectivity index (χ0) is 20.3. The van der Waals surface area contributed by atoms with E-state index in [2.05, 4.69) is 20.5 Å². The van der Waals surface area contributed by atoms with Gasteiger partial charge in [-0.15, -0.1) is 0 Å². The third-order valence-corrected chi connectivity index (χ3v) is 4.83. The van der Waals surface area contributed by atoms with Crippen molar-refractivity contribution >= 4 is 5.96 Å². The number of benzene rings is 2. The molecule has 2 aromatic carbocycles. The molecule has 6 nitrogen and oxygen atoms in total. The van der Waals surface area contributed by atoms with Crippen molar-refractivity contribution in [1.82, 2.24) is 15.5 Å². The van der Waals surface area contributed by atoms with Crippen LogP contribution in [-0.4, -0.2) is 63.9 Å². The van der Waals surface area contributed by atoms with Crippen LogP contribution in [0, 0.1) is 5.82 Å². The summed E-state index contributed by atoms with van der Waals surface area (Å²) in [4.78, 5) is 6.65. The molecule has 0 saturated carbocycles. The molecule has 29 heavy (non-hydrogen) atoms. The van der Waals surface area contributed by atoms with E-state index >= 15 is 0 Å². The van der Waals surface area contributed by atoms with E-state index in [1.165, 1.54) is 12.1 Å². The molecule has 0 amide bonds. The van der Waals surface area contributed by atoms with Crippen molar-refractivity contribution in [1.29, 1.82) is 0 Å². The van der Waals surface area contributed by atoms with E-state index in [4.69, 9.17) is 9.47 Å². The SMILES string of the molecule is CN=C(NCCOc1ccccc1)NCC(c1ccc(F)cc1)N1CCOCC1. The highest BCUT2D eigenvalue weighted by atomic mass is 19.1. The molecule has 7 heteroatoms. The summed E-state index contributed by atoms with van der Waals surface area (Å²) in [6, 6.07) is 16.6. The van der Waals surface area contributed by atoms with Gasteiger partial charge in [0.05, 0.1) is 25.8 Å². The summed E-state index contributed by atoms with van der Waals surface area (Å²) in [5, 5.41) is 6.65. The van der Waals surface area contributed by atoms with Gasteiger partial charge in [0.15, 0.2) is 5.96 Å². The Morgan fingerprint density at radius 2 is 1.83 bits per heavy atom. The number of halogens is 1. The van der Waals surface area contributed by atoms with Crippen LogP contribution in [0.4, 0.5) is 4.39 Å². The lowest BCUT2D eigenvalue weighted by Gasteiger charge is -2.35. The third kappa shape index (κ3) is 6.73. The minimum absolute atomic E-state index is 0.110. The molecule has 1 atom stereocenters. The predicted molar refractivity (Wildman–Crippen MR) is 113 cm³/mol. The van der Waals surface area contributed by atoms with E-state index < -0.39 is 0 Å². The first-order chi connectivity index (χ1) is 14.3. The minimum Gasteiger partial charge on any atom is -0.492 e. The summed E-state index contributed by atoms with van der Waals surface area (Å²) >= 11 is 0. The van der Waals surface area contributed by atoms with Gasteiger partial charge in [-0.2, -0.15) is 0 Å². The van der Waals surface area contributed by atoms with Crippen LogP contribution in [0.3, 0.4) is 0 Å². The van der Waals surface area contributed by atoms with Gasteiger partial charge in [-0.1, -0.05) is 30.3 Å². The molecule has 1 heterocycles. The average molecular weight is 400 g/mol. The molecule has 1 aliphatic heterocycles. The van der Waals surface area contributed by atoms with Crippen molar-refractivity contribution < 1.29 is 13.9 Å². The maximum atomic E-state index is 13.4. The Morgan fingerprint density at radius 1 is 1.10 bits per heavy atom. The van der Waals surface area contributed by atoms with Crippen molar-refractivity contribution in [2.75, 3.05) is 53.0 Å². The monoisotopic (exact) mass is 400 g/mol. The fourth-order valence-corrected chi connectivity index (χ4v) is 3.30. The van der Waals surface area contributed by atoms with E-state index in [1.807, 2.05) is 42.5 Å². The van der Waals surface area contributed by atoms with E-state index in [1.54, 1.807) is 7.05 Å². The number of nitrogens with one attached hydrogen (secondary N) is 2. The highest BCUT2D eigenvalue weighted by molar-refractivity contribution is 5.79. The fraction of sp³-hybridized carbons (Fsp3) is 0.409. The Balaban J connectivity index is 1.51. The van der Waals surface area contributed by atoms with Crippen molar-refractivity contribution in [2.45, 2.75) is 6.04 Å². The molecule has 1 aliphatic rings. The third-order valence-electron chi connectivity index (χ3n) is 4.83. The summed E-state index contributed by atoms with van der Waals surface area (Å²) in [5.74, 6) is 1.33. The summed E-state index contributed by atoms with van der Waals surface area (Å²) in [6.45, 7) is 4.94. The van der Waals surface area contributed by atoms with Gasteiger partial charge in [-0.25, -0.2) is 4.39 Å². The van der Waals surface area contributed by atoms with Crippen molar-refractivity contribution in [3.05, 3.63) is 66.0 Å². The van der Waals surface area contributed by atoms with Crippen molar-refractivity contribution in [2.24, 2.45) is 4.99 Å². The normalized spacial score (nSPS) is 16.3. The van der Waals surface area contributed by atoms with E-state index in [0.717, 1.165) is 24.4 Å². The number of hydrogen-bond acceptors (Lipinski definition) is 4. The van der Waals surface area contributed by atoms with Crippen LogP contribution in [0.15, 0.2) is 59.6 Å². The summed E-state index contributed by atoms with van der Waals surface area (Å²) < 4.78 is 24.5. The van der Waals surface area contributed by atoms with Gasteiger partial charge in [-0.3, -0.25) is 9.89 Å². The van der Waals surface area contributed by atoms with Crippen LogP contribution < -0.4 is 15.4 Å². The second-order valence-corrected chi connectivity index (χ2v) is 6.76. The number of nitrogens with zero attached hydrogens (tertiary/aromatic N) is 2. The van der Waals surface area contributed by atoms with E-state index in [0.29, 0.717) is 38.9 Å². The molecular weight excluding hydrogens is 371 g/mol. The molecule has 0 spiro atoms. The topological polar surface area (TPSA) is 58.1 Å². The molecule has 0 bridgehead atoms. The lowest BCUT2D eigenvalue weighted by Crippen LogP contribution is -2.46. The molecule has 156 valence electrons. The molecule has 2 aromatic rings. The fourth-order valence-electron chi connectivity index (χ4n) is 3.30. The largest absolute Gasteiger partial charge is 0.492 e. The van der Waals surface area contributed by atoms with Crippen LogP contribution in [0.25, 0.3) is 0 Å². The van der Waals surface area contributed by atoms with Crippen molar-refractivity contribution in [3.63, 3.8) is 0 Å². The summed E-state index contributed by atoms with van der Waals surface area (Å²) in [6.07, 6.45) is 0. The molecule has 2 N–H and O–H groups in total. The van der Waals surface area contributed by atoms with Crippen LogP contribution in [-0.2, 0) is 4.74 Å². The first-order valence-electron chi connectivity index (χ1n) is 9.96. The van der Waals surface area contributed by atoms with E-state index in [9.17, 15) is 4.39 Å². The molecule has 3 rings (SSSR count). The Bertz CT molecular complexity index is 749. The van der Waals surface area contributed by atoms with Crippen LogP contribution in [0.5, 0.6) is 5.75 Å². The van der Waals surface area contributed by atoms with Gasteiger partial charge < -0.3 is 20.1 Å². The zero-order valence-electron chi connectivity index (χ0n) is 16.8. The van der Waals surface area contributed by atoms with Crippen LogP contribution in [0.1, 0.15) is 11.6 Å². The molecule has 1 fully saturated rings. The van der Waals surface area contributed by atoms with Gasteiger partial charge in [0.2, 0.25) is 0 Å². The minimum atomic E-state index is -0.224. The number of morpholine rings is 1. The molecule has 0 aliphatic carbocycles. The maximum Gasteiger partial charge on any atom is 0.191 e. The number of para-hydroxylation sites is 1. The Kier molecular flexibility index (Phi) is 8.27. The predicted octanol–water partition coefficient (Wildman–Crippen LogP) is 2.44. The lowest BCUT2D eigenvalue weighted by molar-refractivity contribution is 0.0170. The second-order valence-electron chi connectivity index (χ2n) is 6.76. The standard InChI is InChI=1S/C22H29FN4O2/c1-24-22(25-11-14-29-20-5-3-2-4-6-20)26-17-21(27-12-15-28-16-13-27)18-7-9-19(23)10-8-18/h2-10,21H,11-17H2,1H3,(H2,24,25,26). The Hall–Kier alpha value is -2.64.